The summed E-state index contributed by atoms with van der Waals surface area (Å²) >= 11 is 0. The normalized spacial score (nSPS) is 15.9. The van der Waals surface area contributed by atoms with Crippen LogP contribution in [0.3, 0.4) is 0 Å². The quantitative estimate of drug-likeness (QED) is 0.712. The second-order valence-electron chi connectivity index (χ2n) is 5.99. The lowest BCUT2D eigenvalue weighted by molar-refractivity contribution is 0.0253. The van der Waals surface area contributed by atoms with Crippen molar-refractivity contribution in [1.29, 1.82) is 0 Å². The summed E-state index contributed by atoms with van der Waals surface area (Å²) in [5.41, 5.74) is 0.395. The van der Waals surface area contributed by atoms with Crippen molar-refractivity contribution in [3.05, 3.63) is 11.9 Å². The van der Waals surface area contributed by atoms with Crippen LogP contribution < -0.4 is 0 Å². The van der Waals surface area contributed by atoms with Crippen molar-refractivity contribution in [3.8, 4) is 0 Å². The molecule has 0 aliphatic heterocycles. The summed E-state index contributed by atoms with van der Waals surface area (Å²) in [5, 5.41) is 10.1. The number of hydrogen-bond donors (Lipinski definition) is 1. The Morgan fingerprint density at radius 1 is 1.32 bits per heavy atom. The number of carbonyl (C=O) groups excluding carboxylic acids is 1. The average molecular weight is 308 g/mol. The van der Waals surface area contributed by atoms with Gasteiger partial charge in [-0.15, -0.1) is 0 Å². The van der Waals surface area contributed by atoms with E-state index in [4.69, 9.17) is 4.74 Å². The maximum Gasteiger partial charge on any atom is 0.276 e. The van der Waals surface area contributed by atoms with Crippen molar-refractivity contribution in [3.63, 3.8) is 0 Å². The molecule has 6 nitrogen and oxygen atoms in total. The fourth-order valence-corrected chi connectivity index (χ4v) is 2.94. The predicted molar refractivity (Wildman–Crippen MR) is 84.6 cm³/mol. The monoisotopic (exact) mass is 308 g/mol. The Labute approximate surface area is 132 Å². The minimum atomic E-state index is -0.0381. The third-order valence-electron chi connectivity index (χ3n) is 4.14. The maximum absolute atomic E-state index is 12.3. The molecule has 1 heterocycles. The lowest BCUT2D eigenvalue weighted by Gasteiger charge is -2.23. The number of H-pyrrole nitrogens is 1. The zero-order chi connectivity index (χ0) is 15.6. The Morgan fingerprint density at radius 2 is 2.14 bits per heavy atom. The summed E-state index contributed by atoms with van der Waals surface area (Å²) in [5.74, 6) is -0.0381. The van der Waals surface area contributed by atoms with Crippen LogP contribution in [-0.4, -0.2) is 52.0 Å². The molecule has 0 aromatic carbocycles. The van der Waals surface area contributed by atoms with Crippen molar-refractivity contribution < 1.29 is 9.53 Å². The van der Waals surface area contributed by atoms with Crippen LogP contribution in [-0.2, 0) is 4.74 Å². The van der Waals surface area contributed by atoms with Crippen LogP contribution >= 0.6 is 0 Å². The first kappa shape index (κ1) is 16.9. The summed E-state index contributed by atoms with van der Waals surface area (Å²) in [4.78, 5) is 14.1. The van der Waals surface area contributed by atoms with Gasteiger partial charge in [-0.05, 0) is 32.1 Å². The number of hydrogen-bond acceptors (Lipinski definition) is 4. The van der Waals surface area contributed by atoms with Crippen LogP contribution in [0, 0.1) is 0 Å². The van der Waals surface area contributed by atoms with E-state index in [-0.39, 0.29) is 5.91 Å². The fraction of sp³-hybridized carbons (Fsp3) is 0.812. The number of rotatable bonds is 9. The van der Waals surface area contributed by atoms with Crippen LogP contribution in [0.4, 0.5) is 0 Å². The molecular weight excluding hydrogens is 280 g/mol. The highest BCUT2D eigenvalue weighted by Crippen LogP contribution is 2.20. The van der Waals surface area contributed by atoms with E-state index in [1.54, 1.807) is 0 Å². The fourth-order valence-electron chi connectivity index (χ4n) is 2.94. The van der Waals surface area contributed by atoms with Gasteiger partial charge in [-0.3, -0.25) is 4.79 Å². The van der Waals surface area contributed by atoms with Gasteiger partial charge in [-0.1, -0.05) is 26.2 Å². The molecule has 2 rings (SSSR count). The molecule has 22 heavy (non-hydrogen) atoms. The molecular formula is C16H28N4O2. The summed E-state index contributed by atoms with van der Waals surface area (Å²) < 4.78 is 5.93. The van der Waals surface area contributed by atoms with Gasteiger partial charge in [0.05, 0.1) is 12.3 Å². The van der Waals surface area contributed by atoms with E-state index in [0.29, 0.717) is 11.8 Å². The maximum atomic E-state index is 12.3. The second kappa shape index (κ2) is 9.56. The molecule has 1 amide bonds. The molecule has 0 spiro atoms. The number of nitrogens with one attached hydrogen (secondary N) is 1. The van der Waals surface area contributed by atoms with Crippen LogP contribution in [0.25, 0.3) is 0 Å². The van der Waals surface area contributed by atoms with Gasteiger partial charge < -0.3 is 9.64 Å². The van der Waals surface area contributed by atoms with Gasteiger partial charge >= 0.3 is 0 Å². The van der Waals surface area contributed by atoms with Gasteiger partial charge in [0, 0.05) is 19.7 Å². The minimum Gasteiger partial charge on any atom is -0.378 e. The van der Waals surface area contributed by atoms with Crippen LogP contribution in [0.1, 0.15) is 68.8 Å². The number of nitrogens with zero attached hydrogens (tertiary/aromatic N) is 3. The molecule has 0 unspecified atom stereocenters. The second-order valence-corrected chi connectivity index (χ2v) is 5.99. The predicted octanol–water partition coefficient (Wildman–Crippen LogP) is 2.79. The van der Waals surface area contributed by atoms with E-state index in [0.717, 1.165) is 39.0 Å². The molecule has 1 fully saturated rings. The van der Waals surface area contributed by atoms with Gasteiger partial charge in [0.15, 0.2) is 5.69 Å². The largest absolute Gasteiger partial charge is 0.378 e. The SMILES string of the molecule is CCCN(CCCCOC1CCCCC1)C(=O)c1cn[nH]n1. The number of unbranched alkanes of at least 4 members (excludes halogenated alkanes) is 1. The standard InChI is InChI=1S/C16H28N4O2/c1-2-10-20(16(21)15-13-17-19-18-15)11-6-7-12-22-14-8-4-3-5-9-14/h13-14H,2-12H2,1H3,(H,17,18,19). The van der Waals surface area contributed by atoms with Crippen LogP contribution in [0.5, 0.6) is 0 Å². The molecule has 0 atom stereocenters. The van der Waals surface area contributed by atoms with Gasteiger partial charge in [-0.2, -0.15) is 15.4 Å². The molecule has 0 saturated heterocycles. The number of aromatic amines is 1. The average Bonchev–Trinajstić information content (AvgIpc) is 3.08. The molecule has 0 radical (unpaired) electrons. The van der Waals surface area contributed by atoms with Crippen molar-refractivity contribution >= 4 is 5.91 Å². The first-order chi connectivity index (χ1) is 10.8. The van der Waals surface area contributed by atoms with E-state index in [1.165, 1.54) is 38.3 Å². The first-order valence-corrected chi connectivity index (χ1v) is 8.58. The molecule has 1 aliphatic rings. The Kier molecular flexibility index (Phi) is 7.36. The Morgan fingerprint density at radius 3 is 2.82 bits per heavy atom. The molecule has 1 aromatic rings. The highest BCUT2D eigenvalue weighted by molar-refractivity contribution is 5.91. The number of carbonyl (C=O) groups is 1. The number of aromatic nitrogens is 3. The first-order valence-electron chi connectivity index (χ1n) is 8.58. The summed E-state index contributed by atoms with van der Waals surface area (Å²) in [6.45, 7) is 4.40. The van der Waals surface area contributed by atoms with Gasteiger partial charge in [0.1, 0.15) is 0 Å². The number of amides is 1. The Balaban J connectivity index is 1.65. The van der Waals surface area contributed by atoms with E-state index in [1.807, 2.05) is 4.90 Å². The van der Waals surface area contributed by atoms with E-state index < -0.39 is 0 Å². The third kappa shape index (κ3) is 5.40. The van der Waals surface area contributed by atoms with Crippen LogP contribution in [0.15, 0.2) is 6.20 Å². The Bertz CT molecular complexity index is 416. The summed E-state index contributed by atoms with van der Waals surface area (Å²) in [7, 11) is 0. The topological polar surface area (TPSA) is 71.1 Å². The van der Waals surface area contributed by atoms with E-state index >= 15 is 0 Å². The highest BCUT2D eigenvalue weighted by atomic mass is 16.5. The van der Waals surface area contributed by atoms with Gasteiger partial charge in [-0.25, -0.2) is 0 Å². The van der Waals surface area contributed by atoms with Crippen molar-refractivity contribution in [1.82, 2.24) is 20.3 Å². The lowest BCUT2D eigenvalue weighted by Crippen LogP contribution is -2.33. The zero-order valence-corrected chi connectivity index (χ0v) is 13.6. The third-order valence-corrected chi connectivity index (χ3v) is 4.14. The van der Waals surface area contributed by atoms with Crippen molar-refractivity contribution in [2.75, 3.05) is 19.7 Å². The molecule has 0 bridgehead atoms. The Hall–Kier alpha value is -1.43. The minimum absolute atomic E-state index is 0.0381. The van der Waals surface area contributed by atoms with Crippen molar-refractivity contribution in [2.45, 2.75) is 64.4 Å². The molecule has 1 saturated carbocycles. The summed E-state index contributed by atoms with van der Waals surface area (Å²) in [6, 6.07) is 0. The molecule has 6 heteroatoms. The smallest absolute Gasteiger partial charge is 0.276 e. The zero-order valence-electron chi connectivity index (χ0n) is 13.6. The molecule has 1 aliphatic carbocycles. The highest BCUT2D eigenvalue weighted by Gasteiger charge is 2.17. The van der Waals surface area contributed by atoms with Crippen LogP contribution in [0.2, 0.25) is 0 Å². The lowest BCUT2D eigenvalue weighted by atomic mass is 9.98. The molecule has 1 N–H and O–H groups in total. The van der Waals surface area contributed by atoms with Gasteiger partial charge in [0.25, 0.3) is 5.91 Å². The van der Waals surface area contributed by atoms with Crippen molar-refractivity contribution in [2.24, 2.45) is 0 Å². The van der Waals surface area contributed by atoms with Gasteiger partial charge in [0.2, 0.25) is 0 Å². The van der Waals surface area contributed by atoms with E-state index in [2.05, 4.69) is 22.3 Å². The molecule has 1 aromatic heterocycles. The van der Waals surface area contributed by atoms with E-state index in [9.17, 15) is 4.79 Å². The molecule has 124 valence electrons. The summed E-state index contributed by atoms with van der Waals surface area (Å²) in [6.07, 6.45) is 11.3. The number of ether oxygens (including phenoxy) is 1.